The van der Waals surface area contributed by atoms with Crippen molar-refractivity contribution in [1.82, 2.24) is 15.3 Å². The number of rotatable bonds is 8. The van der Waals surface area contributed by atoms with Crippen LogP contribution in [0.25, 0.3) is 11.0 Å². The number of aromatic amines is 2. The second kappa shape index (κ2) is 9.21. The first-order valence-corrected chi connectivity index (χ1v) is 11.7. The van der Waals surface area contributed by atoms with E-state index < -0.39 is 15.7 Å². The van der Waals surface area contributed by atoms with Crippen molar-refractivity contribution in [3.05, 3.63) is 88.8 Å². The zero-order valence-corrected chi connectivity index (χ0v) is 18.6. The van der Waals surface area contributed by atoms with Crippen LogP contribution >= 0.6 is 0 Å². The van der Waals surface area contributed by atoms with Gasteiger partial charge >= 0.3 is 5.69 Å². The summed E-state index contributed by atoms with van der Waals surface area (Å²) in [4.78, 5) is 31.3. The Bertz CT molecular complexity index is 1440. The van der Waals surface area contributed by atoms with Crippen molar-refractivity contribution in [2.75, 3.05) is 29.8 Å². The van der Waals surface area contributed by atoms with E-state index >= 15 is 0 Å². The van der Waals surface area contributed by atoms with Gasteiger partial charge in [-0.1, -0.05) is 30.3 Å². The van der Waals surface area contributed by atoms with Gasteiger partial charge in [-0.05, 0) is 42.5 Å². The lowest BCUT2D eigenvalue weighted by atomic mass is 10.1. The Balaban J connectivity index is 1.47. The summed E-state index contributed by atoms with van der Waals surface area (Å²) in [6, 6.07) is 20.4. The van der Waals surface area contributed by atoms with Gasteiger partial charge < -0.3 is 20.2 Å². The second-order valence-electron chi connectivity index (χ2n) is 7.45. The van der Waals surface area contributed by atoms with Crippen molar-refractivity contribution in [1.29, 1.82) is 0 Å². The predicted octanol–water partition coefficient (Wildman–Crippen LogP) is 2.52. The zero-order valence-electron chi connectivity index (χ0n) is 17.8. The van der Waals surface area contributed by atoms with E-state index in [9.17, 15) is 18.0 Å². The third-order valence-corrected chi connectivity index (χ3v) is 6.51. The van der Waals surface area contributed by atoms with Gasteiger partial charge in [0.05, 0.1) is 27.2 Å². The van der Waals surface area contributed by atoms with Crippen LogP contribution in [0.2, 0.25) is 0 Å². The van der Waals surface area contributed by atoms with Gasteiger partial charge in [0.15, 0.2) is 0 Å². The van der Waals surface area contributed by atoms with Crippen LogP contribution in [0.5, 0.6) is 0 Å². The highest BCUT2D eigenvalue weighted by atomic mass is 32.2. The van der Waals surface area contributed by atoms with Crippen LogP contribution in [0.1, 0.15) is 10.4 Å². The SMILES string of the molecule is CN(CCNC(=O)c1ccccc1NS(=O)(=O)c1ccc2[nH]c(=O)[nH]c2c1)c1ccccc1. The number of amides is 1. The Morgan fingerprint density at radius 1 is 0.939 bits per heavy atom. The molecular weight excluding hydrogens is 442 g/mol. The Labute approximate surface area is 190 Å². The molecule has 33 heavy (non-hydrogen) atoms. The fourth-order valence-electron chi connectivity index (χ4n) is 3.40. The standard InChI is InChI=1S/C23H23N5O4S/c1-28(16-7-3-2-4-8-16)14-13-24-22(29)18-9-5-6-10-19(18)27-33(31,32)17-11-12-20-21(15-17)26-23(30)25-20/h2-12,15,27H,13-14H2,1H3,(H,24,29)(H2,25,26,30). The average molecular weight is 466 g/mol. The highest BCUT2D eigenvalue weighted by molar-refractivity contribution is 7.92. The Morgan fingerprint density at radius 3 is 2.42 bits per heavy atom. The number of nitrogens with one attached hydrogen (secondary N) is 4. The number of hydrogen-bond acceptors (Lipinski definition) is 5. The number of imidazole rings is 1. The number of nitrogens with zero attached hydrogens (tertiary/aromatic N) is 1. The second-order valence-corrected chi connectivity index (χ2v) is 9.13. The molecule has 0 atom stereocenters. The van der Waals surface area contributed by atoms with Gasteiger partial charge in [0.25, 0.3) is 15.9 Å². The first-order chi connectivity index (χ1) is 15.8. The van der Waals surface area contributed by atoms with E-state index in [1.807, 2.05) is 42.3 Å². The number of anilines is 2. The van der Waals surface area contributed by atoms with Crippen LogP contribution in [0.4, 0.5) is 11.4 Å². The third-order valence-electron chi connectivity index (χ3n) is 5.14. The van der Waals surface area contributed by atoms with Crippen molar-refractivity contribution in [2.45, 2.75) is 4.90 Å². The minimum absolute atomic E-state index is 0.0371. The molecule has 4 rings (SSSR count). The lowest BCUT2D eigenvalue weighted by Gasteiger charge is -2.19. The number of fused-ring (bicyclic) bond motifs is 1. The number of para-hydroxylation sites is 2. The van der Waals surface area contributed by atoms with Gasteiger partial charge in [-0.2, -0.15) is 0 Å². The van der Waals surface area contributed by atoms with E-state index in [1.54, 1.807) is 18.2 Å². The highest BCUT2D eigenvalue weighted by Crippen LogP contribution is 2.22. The molecule has 1 amide bonds. The van der Waals surface area contributed by atoms with Crippen LogP contribution in [-0.2, 0) is 10.0 Å². The van der Waals surface area contributed by atoms with Gasteiger partial charge in [0.2, 0.25) is 0 Å². The molecule has 1 aromatic heterocycles. The molecule has 4 aromatic rings. The molecule has 0 aliphatic heterocycles. The fourth-order valence-corrected chi connectivity index (χ4v) is 4.50. The van der Waals surface area contributed by atoms with E-state index in [-0.39, 0.29) is 22.1 Å². The summed E-state index contributed by atoms with van der Waals surface area (Å²) < 4.78 is 28.4. The van der Waals surface area contributed by atoms with Crippen LogP contribution in [-0.4, -0.2) is 44.4 Å². The number of hydrogen-bond donors (Lipinski definition) is 4. The largest absolute Gasteiger partial charge is 0.373 e. The molecule has 10 heteroatoms. The minimum Gasteiger partial charge on any atom is -0.373 e. The molecule has 0 aliphatic rings. The van der Waals surface area contributed by atoms with E-state index in [0.29, 0.717) is 24.1 Å². The monoisotopic (exact) mass is 465 g/mol. The first-order valence-electron chi connectivity index (χ1n) is 10.2. The normalized spacial score (nSPS) is 11.3. The lowest BCUT2D eigenvalue weighted by Crippen LogP contribution is -2.33. The van der Waals surface area contributed by atoms with Crippen LogP contribution in [0.3, 0.4) is 0 Å². The van der Waals surface area contributed by atoms with Gasteiger partial charge in [-0.25, -0.2) is 13.2 Å². The maximum absolute atomic E-state index is 12.9. The first kappa shape index (κ1) is 22.2. The van der Waals surface area contributed by atoms with Crippen molar-refractivity contribution >= 4 is 38.3 Å². The molecule has 170 valence electrons. The number of carbonyl (C=O) groups is 1. The lowest BCUT2D eigenvalue weighted by molar-refractivity contribution is 0.0955. The minimum atomic E-state index is -4.00. The molecule has 0 saturated carbocycles. The van der Waals surface area contributed by atoms with E-state index in [1.165, 1.54) is 24.3 Å². The number of likely N-dealkylation sites (N-methyl/N-ethyl adjacent to an activating group) is 1. The Hall–Kier alpha value is -4.05. The molecule has 0 fully saturated rings. The van der Waals surface area contributed by atoms with E-state index in [0.717, 1.165) is 5.69 Å². The number of sulfonamides is 1. The maximum atomic E-state index is 12.9. The topological polar surface area (TPSA) is 127 Å². The molecule has 0 saturated heterocycles. The fraction of sp³-hybridized carbons (Fsp3) is 0.130. The summed E-state index contributed by atoms with van der Waals surface area (Å²) in [5, 5.41) is 2.83. The maximum Gasteiger partial charge on any atom is 0.323 e. The number of benzene rings is 3. The third kappa shape index (κ3) is 5.07. The smallest absolute Gasteiger partial charge is 0.323 e. The summed E-state index contributed by atoms with van der Waals surface area (Å²) in [5.41, 5.74) is 1.84. The van der Waals surface area contributed by atoms with Gasteiger partial charge in [0, 0.05) is 25.8 Å². The summed E-state index contributed by atoms with van der Waals surface area (Å²) in [5.74, 6) is -0.389. The average Bonchev–Trinajstić information content (AvgIpc) is 3.19. The zero-order chi connectivity index (χ0) is 23.4. The van der Waals surface area contributed by atoms with Crippen molar-refractivity contribution in [3.8, 4) is 0 Å². The molecule has 0 unspecified atom stereocenters. The van der Waals surface area contributed by atoms with Gasteiger partial charge in [-0.15, -0.1) is 0 Å². The van der Waals surface area contributed by atoms with Crippen molar-refractivity contribution in [3.63, 3.8) is 0 Å². The molecule has 1 heterocycles. The molecule has 0 spiro atoms. The molecular formula is C23H23N5O4S. The number of aromatic nitrogens is 2. The Kier molecular flexibility index (Phi) is 6.18. The molecule has 3 aromatic carbocycles. The summed E-state index contributed by atoms with van der Waals surface area (Å²) >= 11 is 0. The molecule has 4 N–H and O–H groups in total. The Morgan fingerprint density at radius 2 is 1.64 bits per heavy atom. The quantitative estimate of drug-likeness (QED) is 0.318. The molecule has 0 radical (unpaired) electrons. The number of carbonyl (C=O) groups excluding carboxylic acids is 1. The predicted molar refractivity (Wildman–Crippen MR) is 128 cm³/mol. The van der Waals surface area contributed by atoms with Gasteiger partial charge in [0.1, 0.15) is 0 Å². The highest BCUT2D eigenvalue weighted by Gasteiger charge is 2.19. The van der Waals surface area contributed by atoms with Crippen LogP contribution in [0.15, 0.2) is 82.5 Å². The van der Waals surface area contributed by atoms with Gasteiger partial charge in [-0.3, -0.25) is 9.52 Å². The molecule has 0 bridgehead atoms. The van der Waals surface area contributed by atoms with Crippen molar-refractivity contribution in [2.24, 2.45) is 0 Å². The molecule has 9 nitrogen and oxygen atoms in total. The summed E-state index contributed by atoms with van der Waals surface area (Å²) in [6.45, 7) is 0.960. The summed E-state index contributed by atoms with van der Waals surface area (Å²) in [6.07, 6.45) is 0. The number of H-pyrrole nitrogens is 2. The summed E-state index contributed by atoms with van der Waals surface area (Å²) in [7, 11) is -2.07. The van der Waals surface area contributed by atoms with E-state index in [4.69, 9.17) is 0 Å². The van der Waals surface area contributed by atoms with Crippen molar-refractivity contribution < 1.29 is 13.2 Å². The molecule has 0 aliphatic carbocycles. The van der Waals surface area contributed by atoms with E-state index in [2.05, 4.69) is 20.0 Å². The van der Waals surface area contributed by atoms with Crippen LogP contribution < -0.4 is 20.6 Å². The van der Waals surface area contributed by atoms with Crippen LogP contribution in [0, 0.1) is 0 Å².